The molecule has 0 aliphatic carbocycles. The zero-order chi connectivity index (χ0) is 12.5. The molecule has 0 bridgehead atoms. The lowest BCUT2D eigenvalue weighted by molar-refractivity contribution is 0.0962. The van der Waals surface area contributed by atoms with Gasteiger partial charge in [-0.3, -0.25) is 14.4 Å². The highest BCUT2D eigenvalue weighted by Gasteiger charge is 2.23. The maximum Gasteiger partial charge on any atom is 0.347 e. The number of rotatable bonds is 3. The second-order valence-corrected chi connectivity index (χ2v) is 3.36. The van der Waals surface area contributed by atoms with E-state index in [1.807, 2.05) is 0 Å². The molecule has 1 aromatic rings. The Hall–Kier alpha value is -2.04. The van der Waals surface area contributed by atoms with Crippen LogP contribution in [0.15, 0.2) is 15.5 Å². The van der Waals surface area contributed by atoms with Gasteiger partial charge in [0, 0.05) is 5.56 Å². The normalized spacial score (nSPS) is 9.94. The van der Waals surface area contributed by atoms with E-state index >= 15 is 0 Å². The highest BCUT2D eigenvalue weighted by Crippen LogP contribution is 2.13. The predicted molar refractivity (Wildman–Crippen MR) is 55.0 cm³/mol. The number of ketones is 3. The third-order valence-corrected chi connectivity index (χ3v) is 2.09. The average Bonchev–Trinajstić information content (AvgIpc) is 2.15. The van der Waals surface area contributed by atoms with Gasteiger partial charge in [-0.1, -0.05) is 0 Å². The molecule has 0 N–H and O–H groups in total. The molecule has 0 aliphatic rings. The first-order valence-corrected chi connectivity index (χ1v) is 4.54. The molecule has 0 aromatic carbocycles. The summed E-state index contributed by atoms with van der Waals surface area (Å²) in [6, 6.07) is 0. The molecular formula is C11H10O5. The van der Waals surface area contributed by atoms with Crippen molar-refractivity contribution >= 4 is 17.3 Å². The summed E-state index contributed by atoms with van der Waals surface area (Å²) in [5.74, 6) is -1.54. The van der Waals surface area contributed by atoms with Crippen molar-refractivity contribution in [2.45, 2.75) is 20.8 Å². The highest BCUT2D eigenvalue weighted by molar-refractivity contribution is 6.13. The minimum atomic E-state index is -0.900. The Labute approximate surface area is 91.1 Å². The number of hydrogen-bond donors (Lipinski definition) is 0. The second kappa shape index (κ2) is 4.22. The molecule has 0 fully saturated rings. The van der Waals surface area contributed by atoms with Gasteiger partial charge in [0.2, 0.25) is 0 Å². The van der Waals surface area contributed by atoms with Crippen LogP contribution in [0.25, 0.3) is 0 Å². The van der Waals surface area contributed by atoms with E-state index in [2.05, 4.69) is 4.42 Å². The van der Waals surface area contributed by atoms with Crippen LogP contribution in [0.2, 0.25) is 0 Å². The van der Waals surface area contributed by atoms with E-state index in [0.717, 1.165) is 13.2 Å². The Bertz CT molecular complexity index is 536. The van der Waals surface area contributed by atoms with Crippen molar-refractivity contribution in [2.24, 2.45) is 0 Å². The van der Waals surface area contributed by atoms with Crippen LogP contribution < -0.4 is 5.63 Å². The van der Waals surface area contributed by atoms with Crippen molar-refractivity contribution in [1.29, 1.82) is 0 Å². The van der Waals surface area contributed by atoms with Crippen LogP contribution in [0.1, 0.15) is 51.8 Å². The van der Waals surface area contributed by atoms with Crippen molar-refractivity contribution < 1.29 is 18.8 Å². The van der Waals surface area contributed by atoms with E-state index < -0.39 is 23.0 Å². The SMILES string of the molecule is CC(=O)c1coc(=O)c(C(C)=O)c1C(C)=O. The zero-order valence-electron chi connectivity index (χ0n) is 9.12. The predicted octanol–water partition coefficient (Wildman–Crippen LogP) is 1.25. The lowest BCUT2D eigenvalue weighted by Gasteiger charge is -2.05. The summed E-state index contributed by atoms with van der Waals surface area (Å²) in [4.78, 5) is 45.1. The maximum absolute atomic E-state index is 11.4. The smallest absolute Gasteiger partial charge is 0.347 e. The molecule has 1 rings (SSSR count). The summed E-state index contributed by atoms with van der Waals surface area (Å²) < 4.78 is 4.55. The fourth-order valence-corrected chi connectivity index (χ4v) is 1.41. The summed E-state index contributed by atoms with van der Waals surface area (Å²) in [6.45, 7) is 3.56. The first kappa shape index (κ1) is 12.0. The van der Waals surface area contributed by atoms with Crippen LogP contribution in [0, 0.1) is 0 Å². The Balaban J connectivity index is 3.77. The maximum atomic E-state index is 11.4. The lowest BCUT2D eigenvalue weighted by atomic mass is 9.97. The standard InChI is InChI=1S/C11H10O5/c1-5(12)8-4-16-11(15)10(7(3)14)9(8)6(2)13/h4H,1-3H3. The molecule has 0 saturated carbocycles. The molecule has 5 nitrogen and oxygen atoms in total. The van der Waals surface area contributed by atoms with Crippen LogP contribution in [-0.2, 0) is 0 Å². The van der Waals surface area contributed by atoms with Crippen molar-refractivity contribution in [3.63, 3.8) is 0 Å². The Morgan fingerprint density at radius 1 is 0.938 bits per heavy atom. The number of carbonyl (C=O) groups excluding carboxylic acids is 3. The Kier molecular flexibility index (Phi) is 3.17. The lowest BCUT2D eigenvalue weighted by Crippen LogP contribution is -2.20. The number of carbonyl (C=O) groups is 3. The second-order valence-electron chi connectivity index (χ2n) is 3.36. The van der Waals surface area contributed by atoms with Gasteiger partial charge in [0.15, 0.2) is 17.3 Å². The van der Waals surface area contributed by atoms with Gasteiger partial charge >= 0.3 is 5.63 Å². The Morgan fingerprint density at radius 2 is 1.44 bits per heavy atom. The molecule has 1 aromatic heterocycles. The minimum absolute atomic E-state index is 0.0442. The zero-order valence-corrected chi connectivity index (χ0v) is 9.12. The van der Waals surface area contributed by atoms with Gasteiger partial charge in [0.05, 0.1) is 5.56 Å². The van der Waals surface area contributed by atoms with Crippen molar-refractivity contribution in [1.82, 2.24) is 0 Å². The quantitative estimate of drug-likeness (QED) is 0.719. The van der Waals surface area contributed by atoms with E-state index in [4.69, 9.17) is 0 Å². The van der Waals surface area contributed by atoms with E-state index in [1.54, 1.807) is 0 Å². The third-order valence-electron chi connectivity index (χ3n) is 2.09. The highest BCUT2D eigenvalue weighted by atomic mass is 16.4. The molecule has 0 amide bonds. The molecule has 0 aliphatic heterocycles. The molecule has 1 heterocycles. The van der Waals surface area contributed by atoms with Gasteiger partial charge in [-0.05, 0) is 20.8 Å². The van der Waals surface area contributed by atoms with Gasteiger partial charge < -0.3 is 4.42 Å². The van der Waals surface area contributed by atoms with Crippen LogP contribution in [0.4, 0.5) is 0 Å². The summed E-state index contributed by atoms with van der Waals surface area (Å²) in [7, 11) is 0. The Morgan fingerprint density at radius 3 is 1.81 bits per heavy atom. The fourth-order valence-electron chi connectivity index (χ4n) is 1.41. The van der Waals surface area contributed by atoms with Crippen molar-refractivity contribution in [3.8, 4) is 0 Å². The third kappa shape index (κ3) is 1.98. The van der Waals surface area contributed by atoms with Gasteiger partial charge in [-0.15, -0.1) is 0 Å². The number of hydrogen-bond acceptors (Lipinski definition) is 5. The molecule has 0 atom stereocenters. The van der Waals surface area contributed by atoms with Crippen molar-refractivity contribution in [2.75, 3.05) is 0 Å². The number of Topliss-reactive ketones (excluding diaryl/α,β-unsaturated/α-hetero) is 3. The van der Waals surface area contributed by atoms with Gasteiger partial charge in [-0.2, -0.15) is 0 Å². The molecule has 0 spiro atoms. The molecular weight excluding hydrogens is 212 g/mol. The fraction of sp³-hybridized carbons (Fsp3) is 0.273. The molecule has 0 saturated heterocycles. The molecule has 0 unspecified atom stereocenters. The minimum Gasteiger partial charge on any atom is -0.430 e. The summed E-state index contributed by atoms with van der Waals surface area (Å²) in [5, 5.41) is 0. The molecule has 84 valence electrons. The van der Waals surface area contributed by atoms with Gasteiger partial charge in [0.25, 0.3) is 0 Å². The topological polar surface area (TPSA) is 81.4 Å². The van der Waals surface area contributed by atoms with Crippen LogP contribution in [0.3, 0.4) is 0 Å². The van der Waals surface area contributed by atoms with E-state index in [-0.39, 0.29) is 16.7 Å². The molecule has 0 radical (unpaired) electrons. The van der Waals surface area contributed by atoms with E-state index in [9.17, 15) is 19.2 Å². The summed E-state index contributed by atoms with van der Waals surface area (Å²) >= 11 is 0. The van der Waals surface area contributed by atoms with Crippen LogP contribution in [0.5, 0.6) is 0 Å². The monoisotopic (exact) mass is 222 g/mol. The average molecular weight is 222 g/mol. The van der Waals surface area contributed by atoms with Crippen LogP contribution in [-0.4, -0.2) is 17.3 Å². The first-order chi connectivity index (χ1) is 7.36. The van der Waals surface area contributed by atoms with Crippen LogP contribution >= 0.6 is 0 Å². The largest absolute Gasteiger partial charge is 0.430 e. The first-order valence-electron chi connectivity index (χ1n) is 4.54. The van der Waals surface area contributed by atoms with Crippen molar-refractivity contribution in [3.05, 3.63) is 33.4 Å². The molecule has 5 heteroatoms. The molecule has 16 heavy (non-hydrogen) atoms. The summed E-state index contributed by atoms with van der Waals surface area (Å²) in [6.07, 6.45) is 0.911. The van der Waals surface area contributed by atoms with E-state index in [0.29, 0.717) is 0 Å². The van der Waals surface area contributed by atoms with E-state index in [1.165, 1.54) is 13.8 Å². The van der Waals surface area contributed by atoms with Gasteiger partial charge in [0.1, 0.15) is 11.8 Å². The van der Waals surface area contributed by atoms with Gasteiger partial charge in [-0.25, -0.2) is 4.79 Å². The summed E-state index contributed by atoms with van der Waals surface area (Å²) in [5.41, 5.74) is -1.46.